The van der Waals surface area contributed by atoms with E-state index >= 15 is 0 Å². The maximum Gasteiger partial charge on any atom is 0.408 e. The molecule has 4 fully saturated rings. The van der Waals surface area contributed by atoms with Gasteiger partial charge >= 0.3 is 6.09 Å². The SMILES string of the molecule is CN(CC(C)(C)NC(=O)OC(C)(C)C)C(=O)C12CC3CC(CC(C3)C1)C2. The minimum atomic E-state index is -0.533. The number of rotatable bonds is 4. The molecule has 5 nitrogen and oxygen atoms in total. The fraction of sp³-hybridized carbons (Fsp3) is 0.905. The van der Waals surface area contributed by atoms with Gasteiger partial charge in [0.25, 0.3) is 0 Å². The van der Waals surface area contributed by atoms with Crippen LogP contribution >= 0.6 is 0 Å². The molecule has 0 radical (unpaired) electrons. The van der Waals surface area contributed by atoms with Gasteiger partial charge < -0.3 is 15.0 Å². The topological polar surface area (TPSA) is 58.6 Å². The molecule has 4 bridgehead atoms. The molecule has 0 atom stereocenters. The first-order valence-corrected chi connectivity index (χ1v) is 10.1. The van der Waals surface area contributed by atoms with Crippen molar-refractivity contribution in [2.75, 3.05) is 13.6 Å². The van der Waals surface area contributed by atoms with Crippen LogP contribution in [0.25, 0.3) is 0 Å². The average molecular weight is 365 g/mol. The predicted octanol–water partition coefficient (Wildman–Crippen LogP) is 3.96. The Morgan fingerprint density at radius 1 is 1.00 bits per heavy atom. The Balaban J connectivity index is 1.61. The number of amides is 2. The summed E-state index contributed by atoms with van der Waals surface area (Å²) in [5.41, 5.74) is -1.19. The zero-order valence-corrected chi connectivity index (χ0v) is 17.4. The predicted molar refractivity (Wildman–Crippen MR) is 102 cm³/mol. The molecule has 0 aromatic heterocycles. The van der Waals surface area contributed by atoms with E-state index < -0.39 is 17.2 Å². The molecule has 4 saturated carbocycles. The van der Waals surface area contributed by atoms with Gasteiger partial charge in [0.05, 0.1) is 11.0 Å². The molecule has 26 heavy (non-hydrogen) atoms. The van der Waals surface area contributed by atoms with Crippen LogP contribution in [-0.4, -0.2) is 41.6 Å². The molecule has 0 heterocycles. The normalized spacial score (nSPS) is 33.1. The van der Waals surface area contributed by atoms with Crippen molar-refractivity contribution in [3.05, 3.63) is 0 Å². The molecule has 0 aromatic rings. The van der Waals surface area contributed by atoms with Crippen LogP contribution < -0.4 is 5.32 Å². The first-order chi connectivity index (χ1) is 11.9. The Labute approximate surface area is 158 Å². The van der Waals surface area contributed by atoms with Gasteiger partial charge in [0.15, 0.2) is 0 Å². The second-order valence-electron chi connectivity index (χ2n) is 10.9. The van der Waals surface area contributed by atoms with Gasteiger partial charge in [0, 0.05) is 13.6 Å². The summed E-state index contributed by atoms with van der Waals surface area (Å²) in [5.74, 6) is 2.56. The van der Waals surface area contributed by atoms with Crippen LogP contribution in [-0.2, 0) is 9.53 Å². The van der Waals surface area contributed by atoms with Crippen molar-refractivity contribution in [2.45, 2.75) is 84.3 Å². The van der Waals surface area contributed by atoms with E-state index in [2.05, 4.69) is 5.32 Å². The van der Waals surface area contributed by atoms with E-state index in [1.165, 1.54) is 19.3 Å². The number of carbonyl (C=O) groups excluding carboxylic acids is 2. The number of hydrogen-bond acceptors (Lipinski definition) is 3. The fourth-order valence-electron chi connectivity index (χ4n) is 6.06. The minimum absolute atomic E-state index is 0.133. The number of hydrogen-bond donors (Lipinski definition) is 1. The maximum absolute atomic E-state index is 13.4. The summed E-state index contributed by atoms with van der Waals surface area (Å²) in [4.78, 5) is 27.3. The van der Waals surface area contributed by atoms with Gasteiger partial charge in [-0.2, -0.15) is 0 Å². The van der Waals surface area contributed by atoms with Gasteiger partial charge in [0.1, 0.15) is 5.60 Å². The van der Waals surface area contributed by atoms with Gasteiger partial charge in [-0.3, -0.25) is 4.79 Å². The largest absolute Gasteiger partial charge is 0.444 e. The van der Waals surface area contributed by atoms with Crippen LogP contribution in [0.4, 0.5) is 4.79 Å². The van der Waals surface area contributed by atoms with Crippen molar-refractivity contribution < 1.29 is 14.3 Å². The Hall–Kier alpha value is -1.26. The Morgan fingerprint density at radius 2 is 1.46 bits per heavy atom. The summed E-state index contributed by atoms with van der Waals surface area (Å²) in [6.45, 7) is 9.93. The third-order valence-electron chi connectivity index (χ3n) is 6.31. The van der Waals surface area contributed by atoms with Gasteiger partial charge in [-0.15, -0.1) is 0 Å². The number of carbonyl (C=O) groups is 2. The van der Waals surface area contributed by atoms with Crippen LogP contribution in [0.5, 0.6) is 0 Å². The third-order valence-corrected chi connectivity index (χ3v) is 6.31. The minimum Gasteiger partial charge on any atom is -0.444 e. The number of ether oxygens (including phenoxy) is 1. The zero-order chi connectivity index (χ0) is 19.3. The van der Waals surface area contributed by atoms with E-state index in [9.17, 15) is 9.59 Å². The highest BCUT2D eigenvalue weighted by Gasteiger charge is 2.55. The lowest BCUT2D eigenvalue weighted by Gasteiger charge is -2.56. The number of nitrogens with one attached hydrogen (secondary N) is 1. The maximum atomic E-state index is 13.4. The molecule has 0 aromatic carbocycles. The molecule has 0 spiro atoms. The molecule has 4 aliphatic rings. The van der Waals surface area contributed by atoms with Crippen LogP contribution in [0.15, 0.2) is 0 Å². The second-order valence-corrected chi connectivity index (χ2v) is 10.9. The van der Waals surface area contributed by atoms with Crippen LogP contribution in [0.3, 0.4) is 0 Å². The van der Waals surface area contributed by atoms with Gasteiger partial charge in [-0.25, -0.2) is 4.79 Å². The lowest BCUT2D eigenvalue weighted by molar-refractivity contribution is -0.157. The molecule has 4 rings (SSSR count). The van der Waals surface area contributed by atoms with E-state index in [0.29, 0.717) is 6.54 Å². The van der Waals surface area contributed by atoms with Gasteiger partial charge in [0.2, 0.25) is 5.91 Å². The third kappa shape index (κ3) is 4.17. The highest BCUT2D eigenvalue weighted by molar-refractivity contribution is 5.83. The second kappa shape index (κ2) is 6.42. The number of likely N-dealkylation sites (N-methyl/N-ethyl adjacent to an activating group) is 1. The lowest BCUT2D eigenvalue weighted by Crippen LogP contribution is -2.58. The molecule has 4 aliphatic carbocycles. The molecule has 0 unspecified atom stereocenters. The smallest absolute Gasteiger partial charge is 0.408 e. The monoisotopic (exact) mass is 364 g/mol. The van der Waals surface area contributed by atoms with Gasteiger partial charge in [-0.05, 0) is 90.9 Å². The average Bonchev–Trinajstić information content (AvgIpc) is 2.41. The standard InChI is InChI=1S/C21H36N2O3/c1-19(2,3)26-18(25)22-20(4,5)13-23(6)17(24)21-10-14-7-15(11-21)9-16(8-14)12-21/h14-16H,7-13H2,1-6H3,(H,22,25). The first-order valence-electron chi connectivity index (χ1n) is 10.1. The molecular formula is C21H36N2O3. The molecule has 2 amide bonds. The van der Waals surface area contributed by atoms with E-state index in [4.69, 9.17) is 4.74 Å². The summed E-state index contributed by atoms with van der Waals surface area (Å²) in [7, 11) is 1.89. The van der Waals surface area contributed by atoms with Crippen molar-refractivity contribution in [1.29, 1.82) is 0 Å². The Bertz CT molecular complexity index is 541. The Morgan fingerprint density at radius 3 is 1.88 bits per heavy atom. The number of nitrogens with zero attached hydrogens (tertiary/aromatic N) is 1. The molecule has 0 saturated heterocycles. The van der Waals surface area contributed by atoms with Crippen molar-refractivity contribution in [3.63, 3.8) is 0 Å². The van der Waals surface area contributed by atoms with E-state index in [0.717, 1.165) is 37.0 Å². The summed E-state index contributed by atoms with van der Waals surface area (Å²) in [6.07, 6.45) is 6.79. The fourth-order valence-corrected chi connectivity index (χ4v) is 6.06. The van der Waals surface area contributed by atoms with Crippen LogP contribution in [0.2, 0.25) is 0 Å². The molecule has 1 N–H and O–H groups in total. The highest BCUT2D eigenvalue weighted by Crippen LogP contribution is 2.60. The zero-order valence-electron chi connectivity index (χ0n) is 17.4. The van der Waals surface area contributed by atoms with Crippen molar-refractivity contribution >= 4 is 12.0 Å². The lowest BCUT2D eigenvalue weighted by atomic mass is 9.49. The molecule has 148 valence electrons. The van der Waals surface area contributed by atoms with Crippen LogP contribution in [0.1, 0.15) is 73.1 Å². The quantitative estimate of drug-likeness (QED) is 0.821. The summed E-state index contributed by atoms with van der Waals surface area (Å²) in [5, 5.41) is 2.92. The highest BCUT2D eigenvalue weighted by atomic mass is 16.6. The summed E-state index contributed by atoms with van der Waals surface area (Å²) in [6, 6.07) is 0. The Kier molecular flexibility index (Phi) is 4.81. The van der Waals surface area contributed by atoms with Gasteiger partial charge in [-0.1, -0.05) is 0 Å². The summed E-state index contributed by atoms with van der Waals surface area (Å²) >= 11 is 0. The molecular weight excluding hydrogens is 328 g/mol. The first kappa shape index (κ1) is 19.5. The van der Waals surface area contributed by atoms with Crippen molar-refractivity contribution in [3.8, 4) is 0 Å². The van der Waals surface area contributed by atoms with E-state index in [1.54, 1.807) is 0 Å². The van der Waals surface area contributed by atoms with Crippen molar-refractivity contribution in [2.24, 2.45) is 23.2 Å². The summed E-state index contributed by atoms with van der Waals surface area (Å²) < 4.78 is 5.36. The van der Waals surface area contributed by atoms with E-state index in [1.807, 2.05) is 46.6 Å². The van der Waals surface area contributed by atoms with E-state index in [-0.39, 0.29) is 11.3 Å². The van der Waals surface area contributed by atoms with Crippen molar-refractivity contribution in [1.82, 2.24) is 10.2 Å². The molecule has 0 aliphatic heterocycles. The number of alkyl carbamates (subject to hydrolysis) is 1. The van der Waals surface area contributed by atoms with Crippen LogP contribution in [0, 0.1) is 23.2 Å². The molecule has 5 heteroatoms.